The summed E-state index contributed by atoms with van der Waals surface area (Å²) in [6.07, 6.45) is 1.39. The Morgan fingerprint density at radius 2 is 1.95 bits per heavy atom. The first-order chi connectivity index (χ1) is 18.8. The third-order valence-corrected chi connectivity index (χ3v) is 8.77. The summed E-state index contributed by atoms with van der Waals surface area (Å²) in [5.41, 5.74) is 7.87. The molecule has 2 aromatic carbocycles. The van der Waals surface area contributed by atoms with Crippen LogP contribution < -0.4 is 15.8 Å². The molecule has 1 aliphatic heterocycles. The van der Waals surface area contributed by atoms with Crippen molar-refractivity contribution in [2.75, 3.05) is 44.5 Å². The van der Waals surface area contributed by atoms with Gasteiger partial charge in [-0.15, -0.1) is 0 Å². The molecule has 39 heavy (non-hydrogen) atoms. The number of nitrogens with one attached hydrogen (secondary N) is 1. The minimum Gasteiger partial charge on any atom is -0.497 e. The number of amides is 1. The van der Waals surface area contributed by atoms with Crippen LogP contribution in [-0.2, 0) is 24.3 Å². The molecule has 10 nitrogen and oxygen atoms in total. The molecule has 1 aromatic heterocycles. The number of rotatable bonds is 12. The Hall–Kier alpha value is -3.42. The minimum absolute atomic E-state index is 0.0169. The number of hydrogen-bond donors (Lipinski definition) is 3. The van der Waals surface area contributed by atoms with Crippen molar-refractivity contribution in [2.45, 2.75) is 23.5 Å². The van der Waals surface area contributed by atoms with Crippen LogP contribution in [-0.4, -0.2) is 63.4 Å². The molecule has 0 unspecified atom stereocenters. The van der Waals surface area contributed by atoms with Gasteiger partial charge < -0.3 is 30.4 Å². The van der Waals surface area contributed by atoms with E-state index in [4.69, 9.17) is 19.9 Å². The molecule has 0 radical (unpaired) electrons. The summed E-state index contributed by atoms with van der Waals surface area (Å²) in [4.78, 5) is 13.1. The van der Waals surface area contributed by atoms with Crippen molar-refractivity contribution in [2.24, 2.45) is 0 Å². The second kappa shape index (κ2) is 13.1. The number of benzene rings is 2. The van der Waals surface area contributed by atoms with E-state index < -0.39 is 22.2 Å². The summed E-state index contributed by atoms with van der Waals surface area (Å²) in [6.45, 7) is -0.501. The molecule has 208 valence electrons. The summed E-state index contributed by atoms with van der Waals surface area (Å²) in [7, 11) is -2.39. The highest BCUT2D eigenvalue weighted by molar-refractivity contribution is 7.89. The molecule has 0 spiro atoms. The van der Waals surface area contributed by atoms with Crippen LogP contribution in [0.4, 0.5) is 11.4 Å². The number of aliphatic hydroxyl groups excluding tert-OH is 1. The summed E-state index contributed by atoms with van der Waals surface area (Å²) < 4.78 is 44.4. The van der Waals surface area contributed by atoms with E-state index in [0.717, 1.165) is 9.87 Å². The van der Waals surface area contributed by atoms with Crippen molar-refractivity contribution in [3.63, 3.8) is 0 Å². The number of para-hydroxylation sites is 2. The van der Waals surface area contributed by atoms with Crippen molar-refractivity contribution < 1.29 is 32.5 Å². The van der Waals surface area contributed by atoms with E-state index in [1.54, 1.807) is 53.8 Å². The normalized spacial score (nSPS) is 17.4. The van der Waals surface area contributed by atoms with Crippen molar-refractivity contribution >= 4 is 38.6 Å². The van der Waals surface area contributed by atoms with Gasteiger partial charge in [0.25, 0.3) is 5.91 Å². The average molecular weight is 574 g/mol. The number of ether oxygens (including phenoxy) is 3. The highest BCUT2D eigenvalue weighted by Gasteiger charge is 2.30. The predicted molar refractivity (Wildman–Crippen MR) is 149 cm³/mol. The van der Waals surface area contributed by atoms with Crippen LogP contribution >= 0.6 is 11.3 Å². The van der Waals surface area contributed by atoms with E-state index >= 15 is 0 Å². The van der Waals surface area contributed by atoms with E-state index in [-0.39, 0.29) is 42.9 Å². The zero-order valence-corrected chi connectivity index (χ0v) is 23.0. The Bertz CT molecular complexity index is 1380. The number of methoxy groups -OCH3 is 1. The first-order valence-electron chi connectivity index (χ1n) is 12.2. The lowest BCUT2D eigenvalue weighted by atomic mass is 9.95. The molecule has 0 bridgehead atoms. The second-order valence-electron chi connectivity index (χ2n) is 8.69. The zero-order chi connectivity index (χ0) is 27.8. The van der Waals surface area contributed by atoms with Crippen molar-refractivity contribution in [3.05, 3.63) is 82.8 Å². The van der Waals surface area contributed by atoms with Crippen molar-refractivity contribution in [1.29, 1.82) is 0 Å². The molecule has 2 heterocycles. The van der Waals surface area contributed by atoms with Gasteiger partial charge in [0.2, 0.25) is 16.3 Å². The Labute approximate surface area is 231 Å². The molecule has 1 aliphatic rings. The number of nitrogen functional groups attached to an aromatic ring is 1. The molecule has 4 rings (SSSR count). The molecule has 4 N–H and O–H groups in total. The van der Waals surface area contributed by atoms with Crippen LogP contribution in [0.15, 0.2) is 82.1 Å². The Morgan fingerprint density at radius 1 is 1.18 bits per heavy atom. The Kier molecular flexibility index (Phi) is 9.59. The molecule has 12 heteroatoms. The van der Waals surface area contributed by atoms with Gasteiger partial charge in [0.05, 0.1) is 36.6 Å². The summed E-state index contributed by atoms with van der Waals surface area (Å²) in [5, 5.41) is 16.2. The minimum atomic E-state index is -3.89. The fraction of sp³-hybridized carbons (Fsp3) is 0.296. The Morgan fingerprint density at radius 3 is 2.62 bits per heavy atom. The van der Waals surface area contributed by atoms with Gasteiger partial charge in [-0.05, 0) is 64.9 Å². The van der Waals surface area contributed by atoms with Crippen LogP contribution in [0.1, 0.15) is 17.9 Å². The van der Waals surface area contributed by atoms with Gasteiger partial charge in [0.15, 0.2) is 5.76 Å². The van der Waals surface area contributed by atoms with Crippen LogP contribution in [0, 0.1) is 0 Å². The maximum atomic E-state index is 13.2. The SMILES string of the molecule is COc1ccc(S(=O)(=O)N(CCO)CCO[C@H]2C[C@@H](c3ccsc3)C=C(C(=O)Nc3ccccc3N)O2)cc1. The highest BCUT2D eigenvalue weighted by atomic mass is 32.2. The molecule has 2 atom stereocenters. The van der Waals surface area contributed by atoms with E-state index in [1.807, 2.05) is 16.8 Å². The van der Waals surface area contributed by atoms with E-state index in [2.05, 4.69) is 5.32 Å². The number of carbonyl (C=O) groups is 1. The second-order valence-corrected chi connectivity index (χ2v) is 11.4. The third-order valence-electron chi connectivity index (χ3n) is 6.15. The number of thiophene rings is 1. The van der Waals surface area contributed by atoms with E-state index in [1.165, 1.54) is 19.2 Å². The number of sulfonamides is 1. The topological polar surface area (TPSA) is 140 Å². The van der Waals surface area contributed by atoms with Crippen LogP contribution in [0.5, 0.6) is 5.75 Å². The maximum Gasteiger partial charge on any atom is 0.290 e. The monoisotopic (exact) mass is 573 g/mol. The first kappa shape index (κ1) is 28.6. The number of anilines is 2. The predicted octanol–water partition coefficient (Wildman–Crippen LogP) is 3.39. The standard InChI is InChI=1S/C27H31N3O7S2/c1-35-21-6-8-22(9-7-21)39(33,34)30(11-13-31)12-14-36-26-17-20(19-10-15-38-18-19)16-25(37-26)27(32)29-24-5-3-2-4-23(24)28/h2-10,15-16,18,20,26,31H,11-14,17,28H2,1H3,(H,29,32)/t20-,26+/m0/s1. The highest BCUT2D eigenvalue weighted by Crippen LogP contribution is 2.33. The zero-order valence-electron chi connectivity index (χ0n) is 21.4. The molecular formula is C27H31N3O7S2. The molecule has 0 aliphatic carbocycles. The number of nitrogens with zero attached hydrogens (tertiary/aromatic N) is 1. The molecule has 0 saturated carbocycles. The van der Waals surface area contributed by atoms with Crippen LogP contribution in [0.2, 0.25) is 0 Å². The maximum absolute atomic E-state index is 13.2. The fourth-order valence-electron chi connectivity index (χ4n) is 4.08. The average Bonchev–Trinajstić information content (AvgIpc) is 3.49. The number of aliphatic hydroxyl groups is 1. The van der Waals surface area contributed by atoms with Crippen molar-refractivity contribution in [1.82, 2.24) is 4.31 Å². The largest absolute Gasteiger partial charge is 0.497 e. The van der Waals surface area contributed by atoms with E-state index in [0.29, 0.717) is 23.5 Å². The van der Waals surface area contributed by atoms with Crippen LogP contribution in [0.3, 0.4) is 0 Å². The van der Waals surface area contributed by atoms with Gasteiger partial charge in [0.1, 0.15) is 5.75 Å². The first-order valence-corrected chi connectivity index (χ1v) is 14.6. The fourth-order valence-corrected chi connectivity index (χ4v) is 6.22. The summed E-state index contributed by atoms with van der Waals surface area (Å²) in [5.74, 6) is 0.0121. The van der Waals surface area contributed by atoms with E-state index in [9.17, 15) is 18.3 Å². The van der Waals surface area contributed by atoms with Gasteiger partial charge in [-0.3, -0.25) is 4.79 Å². The van der Waals surface area contributed by atoms with Gasteiger partial charge >= 0.3 is 0 Å². The number of nitrogens with two attached hydrogens (primary N) is 1. The molecule has 3 aromatic rings. The van der Waals surface area contributed by atoms with Gasteiger partial charge in [-0.1, -0.05) is 12.1 Å². The lowest BCUT2D eigenvalue weighted by Crippen LogP contribution is -2.37. The number of carbonyl (C=O) groups excluding carboxylic acids is 1. The molecular weight excluding hydrogens is 542 g/mol. The smallest absolute Gasteiger partial charge is 0.290 e. The molecule has 0 fully saturated rings. The van der Waals surface area contributed by atoms with Gasteiger partial charge in [-0.2, -0.15) is 15.6 Å². The third kappa shape index (κ3) is 7.16. The Balaban J connectivity index is 1.44. The quantitative estimate of drug-likeness (QED) is 0.280. The number of allylic oxidation sites excluding steroid dienone is 1. The van der Waals surface area contributed by atoms with Gasteiger partial charge in [0, 0.05) is 25.4 Å². The number of hydrogen-bond acceptors (Lipinski definition) is 9. The summed E-state index contributed by atoms with van der Waals surface area (Å²) in [6, 6.07) is 14.9. The van der Waals surface area contributed by atoms with Crippen molar-refractivity contribution in [3.8, 4) is 5.75 Å². The lowest BCUT2D eigenvalue weighted by molar-refractivity contribution is -0.143. The lowest BCUT2D eigenvalue weighted by Gasteiger charge is -2.30. The molecule has 1 amide bonds. The molecule has 0 saturated heterocycles. The van der Waals surface area contributed by atoms with Gasteiger partial charge in [-0.25, -0.2) is 8.42 Å². The van der Waals surface area contributed by atoms with Crippen LogP contribution in [0.25, 0.3) is 0 Å². The summed E-state index contributed by atoms with van der Waals surface area (Å²) >= 11 is 1.55.